The molecule has 0 aliphatic carbocycles. The van der Waals surface area contributed by atoms with Gasteiger partial charge in [-0.3, -0.25) is 4.79 Å². The van der Waals surface area contributed by atoms with Gasteiger partial charge in [-0.1, -0.05) is 15.9 Å². The van der Waals surface area contributed by atoms with Crippen LogP contribution in [0.5, 0.6) is 0 Å². The van der Waals surface area contributed by atoms with Crippen molar-refractivity contribution in [3.63, 3.8) is 0 Å². The lowest BCUT2D eigenvalue weighted by Gasteiger charge is -2.17. The first-order valence-corrected chi connectivity index (χ1v) is 7.68. The van der Waals surface area contributed by atoms with Crippen molar-refractivity contribution >= 4 is 43.9 Å². The van der Waals surface area contributed by atoms with Gasteiger partial charge in [-0.2, -0.15) is 0 Å². The van der Waals surface area contributed by atoms with E-state index in [0.717, 1.165) is 15.4 Å². The number of likely N-dealkylation sites (tertiary alicyclic amines) is 1. The van der Waals surface area contributed by atoms with Gasteiger partial charge in [0.15, 0.2) is 0 Å². The van der Waals surface area contributed by atoms with Gasteiger partial charge in [0.25, 0.3) is 5.91 Å². The standard InChI is InChI=1S/C13H14Br2N2O3/c1-20-13(19)16-9-4-5-17(7-9)12(18)10-3-2-8(14)6-11(10)15/h2-3,6,9H,4-5,7H2,1H3,(H,16,19). The Morgan fingerprint density at radius 3 is 2.80 bits per heavy atom. The molecule has 1 aromatic carbocycles. The monoisotopic (exact) mass is 404 g/mol. The highest BCUT2D eigenvalue weighted by Crippen LogP contribution is 2.24. The summed E-state index contributed by atoms with van der Waals surface area (Å²) in [7, 11) is 1.33. The predicted molar refractivity (Wildman–Crippen MR) is 81.7 cm³/mol. The highest BCUT2D eigenvalue weighted by molar-refractivity contribution is 9.11. The number of carbonyl (C=O) groups excluding carboxylic acids is 2. The van der Waals surface area contributed by atoms with Crippen molar-refractivity contribution in [2.24, 2.45) is 0 Å². The minimum atomic E-state index is -0.464. The fourth-order valence-corrected chi connectivity index (χ4v) is 3.34. The quantitative estimate of drug-likeness (QED) is 0.822. The smallest absolute Gasteiger partial charge is 0.407 e. The molecule has 0 spiro atoms. The van der Waals surface area contributed by atoms with E-state index in [4.69, 9.17) is 0 Å². The van der Waals surface area contributed by atoms with Crippen molar-refractivity contribution in [2.45, 2.75) is 12.5 Å². The second-order valence-corrected chi connectivity index (χ2v) is 6.27. The summed E-state index contributed by atoms with van der Waals surface area (Å²) in [6.45, 7) is 1.12. The van der Waals surface area contributed by atoms with E-state index >= 15 is 0 Å². The van der Waals surface area contributed by atoms with E-state index < -0.39 is 6.09 Å². The van der Waals surface area contributed by atoms with E-state index in [0.29, 0.717) is 18.7 Å². The number of amides is 2. The second kappa shape index (κ2) is 6.58. The number of nitrogens with zero attached hydrogens (tertiary/aromatic N) is 1. The number of hydrogen-bond acceptors (Lipinski definition) is 3. The maximum atomic E-state index is 12.4. The number of nitrogens with one attached hydrogen (secondary N) is 1. The summed E-state index contributed by atoms with van der Waals surface area (Å²) < 4.78 is 6.22. The molecule has 2 rings (SSSR count). The molecule has 0 saturated carbocycles. The molecular formula is C13H14Br2N2O3. The van der Waals surface area contributed by atoms with E-state index in [9.17, 15) is 9.59 Å². The van der Waals surface area contributed by atoms with Gasteiger partial charge < -0.3 is 15.0 Å². The van der Waals surface area contributed by atoms with Gasteiger partial charge in [0.05, 0.1) is 18.7 Å². The molecule has 1 saturated heterocycles. The fraction of sp³-hybridized carbons (Fsp3) is 0.385. The molecule has 5 nitrogen and oxygen atoms in total. The summed E-state index contributed by atoms with van der Waals surface area (Å²) in [6.07, 6.45) is 0.267. The SMILES string of the molecule is COC(=O)NC1CCN(C(=O)c2ccc(Br)cc2Br)C1. The zero-order valence-electron chi connectivity index (χ0n) is 10.9. The normalized spacial score (nSPS) is 17.9. The number of halogens is 2. The Kier molecular flexibility index (Phi) is 5.04. The predicted octanol–water partition coefficient (Wildman–Crippen LogP) is 2.78. The maximum absolute atomic E-state index is 12.4. The van der Waals surface area contributed by atoms with Crippen LogP contribution in [0.2, 0.25) is 0 Å². The molecule has 108 valence electrons. The summed E-state index contributed by atoms with van der Waals surface area (Å²) in [5.41, 5.74) is 0.618. The molecule has 1 unspecified atom stereocenters. The van der Waals surface area contributed by atoms with Crippen molar-refractivity contribution in [1.29, 1.82) is 0 Å². The summed E-state index contributed by atoms with van der Waals surface area (Å²) in [5.74, 6) is -0.0430. The van der Waals surface area contributed by atoms with Crippen LogP contribution in [0.25, 0.3) is 0 Å². The molecule has 1 N–H and O–H groups in total. The highest BCUT2D eigenvalue weighted by atomic mass is 79.9. The van der Waals surface area contributed by atoms with Crippen LogP contribution < -0.4 is 5.32 Å². The molecule has 1 aromatic rings. The lowest BCUT2D eigenvalue weighted by atomic mass is 10.2. The Hall–Kier alpha value is -1.08. The number of benzene rings is 1. The molecule has 0 radical (unpaired) electrons. The molecule has 1 atom stereocenters. The van der Waals surface area contributed by atoms with Crippen molar-refractivity contribution in [2.75, 3.05) is 20.2 Å². The van der Waals surface area contributed by atoms with Gasteiger partial charge in [0, 0.05) is 22.0 Å². The van der Waals surface area contributed by atoms with Crippen LogP contribution in [-0.2, 0) is 4.74 Å². The van der Waals surface area contributed by atoms with E-state index in [1.54, 1.807) is 11.0 Å². The minimum Gasteiger partial charge on any atom is -0.453 e. The summed E-state index contributed by atoms with van der Waals surface area (Å²) in [5, 5.41) is 2.71. The Morgan fingerprint density at radius 1 is 1.40 bits per heavy atom. The molecule has 0 bridgehead atoms. The molecule has 0 aromatic heterocycles. The van der Waals surface area contributed by atoms with Crippen LogP contribution in [0.3, 0.4) is 0 Å². The third kappa shape index (κ3) is 3.52. The van der Waals surface area contributed by atoms with Crippen LogP contribution >= 0.6 is 31.9 Å². The molecule has 1 aliphatic heterocycles. The maximum Gasteiger partial charge on any atom is 0.407 e. The molecular weight excluding hydrogens is 392 g/mol. The van der Waals surface area contributed by atoms with Gasteiger partial charge in [-0.25, -0.2) is 4.79 Å². The Morgan fingerprint density at radius 2 is 2.15 bits per heavy atom. The third-order valence-electron chi connectivity index (χ3n) is 3.14. The van der Waals surface area contributed by atoms with Crippen LogP contribution in [0.1, 0.15) is 16.8 Å². The molecule has 2 amide bonds. The van der Waals surface area contributed by atoms with Crippen molar-refractivity contribution in [1.82, 2.24) is 10.2 Å². The minimum absolute atomic E-state index is 0.0430. The highest BCUT2D eigenvalue weighted by Gasteiger charge is 2.28. The lowest BCUT2D eigenvalue weighted by molar-refractivity contribution is 0.0787. The molecule has 20 heavy (non-hydrogen) atoms. The molecule has 1 fully saturated rings. The van der Waals surface area contributed by atoms with Crippen molar-refractivity contribution in [3.05, 3.63) is 32.7 Å². The van der Waals surface area contributed by atoms with Gasteiger partial charge >= 0.3 is 6.09 Å². The average molecular weight is 406 g/mol. The van der Waals surface area contributed by atoms with E-state index in [2.05, 4.69) is 41.9 Å². The Bertz CT molecular complexity index is 536. The third-order valence-corrected chi connectivity index (χ3v) is 4.29. The Balaban J connectivity index is 2.02. The largest absolute Gasteiger partial charge is 0.453 e. The summed E-state index contributed by atoms with van der Waals surface area (Å²) >= 11 is 6.75. The molecule has 1 aliphatic rings. The van der Waals surface area contributed by atoms with Gasteiger partial charge in [-0.05, 0) is 40.5 Å². The fourth-order valence-electron chi connectivity index (χ4n) is 2.12. The second-order valence-electron chi connectivity index (χ2n) is 4.50. The van der Waals surface area contributed by atoms with Crippen LogP contribution in [-0.4, -0.2) is 43.1 Å². The Labute approximate surface area is 133 Å². The topological polar surface area (TPSA) is 58.6 Å². The molecule has 1 heterocycles. The van der Waals surface area contributed by atoms with Gasteiger partial charge in [0.1, 0.15) is 0 Å². The van der Waals surface area contributed by atoms with Crippen molar-refractivity contribution < 1.29 is 14.3 Å². The van der Waals surface area contributed by atoms with Crippen LogP contribution in [0, 0.1) is 0 Å². The number of ether oxygens (including phenoxy) is 1. The number of carbonyl (C=O) groups is 2. The van der Waals surface area contributed by atoms with Crippen LogP contribution in [0.15, 0.2) is 27.1 Å². The number of hydrogen-bond donors (Lipinski definition) is 1. The molecule has 7 heteroatoms. The summed E-state index contributed by atoms with van der Waals surface area (Å²) in [4.78, 5) is 25.3. The first-order chi connectivity index (χ1) is 9.51. The number of methoxy groups -OCH3 is 1. The first-order valence-electron chi connectivity index (χ1n) is 6.10. The van der Waals surface area contributed by atoms with E-state index in [1.807, 2.05) is 12.1 Å². The van der Waals surface area contributed by atoms with Crippen molar-refractivity contribution in [3.8, 4) is 0 Å². The zero-order valence-corrected chi connectivity index (χ0v) is 14.0. The first kappa shape index (κ1) is 15.3. The van der Waals surface area contributed by atoms with E-state index in [1.165, 1.54) is 7.11 Å². The number of alkyl carbamates (subject to hydrolysis) is 1. The lowest BCUT2D eigenvalue weighted by Crippen LogP contribution is -2.38. The van der Waals surface area contributed by atoms with Crippen LogP contribution in [0.4, 0.5) is 4.79 Å². The van der Waals surface area contributed by atoms with Gasteiger partial charge in [0.2, 0.25) is 0 Å². The number of rotatable bonds is 2. The zero-order chi connectivity index (χ0) is 14.7. The van der Waals surface area contributed by atoms with Gasteiger partial charge in [-0.15, -0.1) is 0 Å². The van der Waals surface area contributed by atoms with E-state index in [-0.39, 0.29) is 11.9 Å². The average Bonchev–Trinajstić information content (AvgIpc) is 2.86. The summed E-state index contributed by atoms with van der Waals surface area (Å²) in [6, 6.07) is 5.39.